The largest absolute Gasteiger partial charge is 0.459 e. The van der Waals surface area contributed by atoms with E-state index in [1.165, 1.54) is 0 Å². The third kappa shape index (κ3) is 6.70. The van der Waals surface area contributed by atoms with Crippen molar-refractivity contribution in [3.8, 4) is 11.3 Å². The number of aromatic nitrogens is 2. The average Bonchev–Trinajstić information content (AvgIpc) is 2.84. The average molecular weight is 512 g/mol. The van der Waals surface area contributed by atoms with Gasteiger partial charge in [0.25, 0.3) is 0 Å². The summed E-state index contributed by atoms with van der Waals surface area (Å²) in [4.78, 5) is 23.9. The molecule has 2 heterocycles. The first kappa shape index (κ1) is 25.4. The molecule has 0 spiro atoms. The maximum Gasteiger partial charge on any atom is 0.340 e. The smallest absolute Gasteiger partial charge is 0.340 e. The highest BCUT2D eigenvalue weighted by atomic mass is 32.2. The third-order valence-electron chi connectivity index (χ3n) is 5.31. The van der Waals surface area contributed by atoms with Crippen LogP contribution in [0.5, 0.6) is 0 Å². The molecule has 0 radical (unpaired) electrons. The lowest BCUT2D eigenvalue weighted by Crippen LogP contribution is -2.37. The molecule has 0 atom stereocenters. The van der Waals surface area contributed by atoms with Crippen molar-refractivity contribution in [1.29, 1.82) is 0 Å². The van der Waals surface area contributed by atoms with Crippen molar-refractivity contribution in [2.75, 3.05) is 47.5 Å². The van der Waals surface area contributed by atoms with E-state index in [1.807, 2.05) is 26.0 Å². The lowest BCUT2D eigenvalue weighted by atomic mass is 10.1. The summed E-state index contributed by atoms with van der Waals surface area (Å²) in [6.07, 6.45) is 2.49. The van der Waals surface area contributed by atoms with Crippen LogP contribution in [-0.2, 0) is 19.5 Å². The highest BCUT2D eigenvalue weighted by Crippen LogP contribution is 2.28. The van der Waals surface area contributed by atoms with Crippen LogP contribution >= 0.6 is 0 Å². The van der Waals surface area contributed by atoms with Gasteiger partial charge in [0.15, 0.2) is 0 Å². The molecule has 4 rings (SSSR count). The van der Waals surface area contributed by atoms with Gasteiger partial charge in [-0.3, -0.25) is 4.72 Å². The van der Waals surface area contributed by atoms with E-state index in [-0.39, 0.29) is 6.10 Å². The van der Waals surface area contributed by atoms with E-state index < -0.39 is 16.0 Å². The number of sulfonamides is 1. The minimum absolute atomic E-state index is 0.245. The van der Waals surface area contributed by atoms with Crippen LogP contribution in [0.1, 0.15) is 24.2 Å². The number of morpholine rings is 1. The molecule has 11 heteroatoms. The van der Waals surface area contributed by atoms with E-state index in [9.17, 15) is 13.2 Å². The number of hydrogen-bond acceptors (Lipinski definition) is 9. The van der Waals surface area contributed by atoms with Gasteiger partial charge in [-0.25, -0.2) is 23.2 Å². The minimum Gasteiger partial charge on any atom is -0.459 e. The number of anilines is 4. The Kier molecular flexibility index (Phi) is 7.70. The van der Waals surface area contributed by atoms with E-state index in [1.54, 1.807) is 42.6 Å². The summed E-state index contributed by atoms with van der Waals surface area (Å²) < 4.78 is 36.2. The van der Waals surface area contributed by atoms with Gasteiger partial charge in [-0.1, -0.05) is 12.1 Å². The Morgan fingerprint density at radius 1 is 1.06 bits per heavy atom. The van der Waals surface area contributed by atoms with E-state index >= 15 is 0 Å². The Labute approximate surface area is 210 Å². The van der Waals surface area contributed by atoms with Gasteiger partial charge in [-0.05, 0) is 50.2 Å². The zero-order valence-corrected chi connectivity index (χ0v) is 21.2. The van der Waals surface area contributed by atoms with Gasteiger partial charge in [0, 0.05) is 36.2 Å². The van der Waals surface area contributed by atoms with Crippen molar-refractivity contribution in [3.05, 3.63) is 60.3 Å². The van der Waals surface area contributed by atoms with Gasteiger partial charge in [-0.2, -0.15) is 0 Å². The first-order valence-electron chi connectivity index (χ1n) is 11.5. The number of nitrogens with zero attached hydrogens (tertiary/aromatic N) is 3. The summed E-state index contributed by atoms with van der Waals surface area (Å²) >= 11 is 0. The second-order valence-corrected chi connectivity index (χ2v) is 10.4. The molecule has 0 saturated carbocycles. The van der Waals surface area contributed by atoms with Gasteiger partial charge >= 0.3 is 5.97 Å². The Morgan fingerprint density at radius 3 is 2.42 bits per heavy atom. The van der Waals surface area contributed by atoms with Crippen molar-refractivity contribution in [1.82, 2.24) is 9.97 Å². The highest BCUT2D eigenvalue weighted by molar-refractivity contribution is 7.92. The van der Waals surface area contributed by atoms with E-state index in [0.29, 0.717) is 54.9 Å². The predicted octanol–water partition coefficient (Wildman–Crippen LogP) is 3.66. The van der Waals surface area contributed by atoms with Crippen molar-refractivity contribution < 1.29 is 22.7 Å². The number of carbonyl (C=O) groups is 1. The standard InChI is InChI=1S/C25H29N5O5S/c1-17(2)35-24(31)21-16-20(8-9-23(21)30-12-14-34-15-13-30)27-25-26-11-10-22(28-25)18-4-6-19(7-5-18)29-36(3,32)33/h4-11,16-17,29H,12-15H2,1-3H3,(H,26,27,28). The van der Waals surface area contributed by atoms with E-state index in [0.717, 1.165) is 17.5 Å². The highest BCUT2D eigenvalue weighted by Gasteiger charge is 2.21. The molecule has 2 N–H and O–H groups in total. The summed E-state index contributed by atoms with van der Waals surface area (Å²) in [6.45, 7) is 6.22. The van der Waals surface area contributed by atoms with Gasteiger partial charge in [-0.15, -0.1) is 0 Å². The topological polar surface area (TPSA) is 123 Å². The summed E-state index contributed by atoms with van der Waals surface area (Å²) in [7, 11) is -3.35. The fraction of sp³-hybridized carbons (Fsp3) is 0.320. The van der Waals surface area contributed by atoms with E-state index in [2.05, 4.69) is 24.9 Å². The van der Waals surface area contributed by atoms with Gasteiger partial charge < -0.3 is 19.7 Å². The SMILES string of the molecule is CC(C)OC(=O)c1cc(Nc2nccc(-c3ccc(NS(C)(=O)=O)cc3)n2)ccc1N1CCOCC1. The monoisotopic (exact) mass is 511 g/mol. The van der Waals surface area contributed by atoms with Crippen LogP contribution in [0.25, 0.3) is 11.3 Å². The molecule has 1 aromatic heterocycles. The first-order valence-corrected chi connectivity index (χ1v) is 13.4. The molecular formula is C25H29N5O5S. The molecule has 3 aromatic rings. The Morgan fingerprint density at radius 2 is 1.75 bits per heavy atom. The predicted molar refractivity (Wildman–Crippen MR) is 139 cm³/mol. The number of carbonyl (C=O) groups excluding carboxylic acids is 1. The maximum absolute atomic E-state index is 12.9. The Hall–Kier alpha value is -3.70. The van der Waals surface area contributed by atoms with Crippen LogP contribution in [0.4, 0.5) is 23.0 Å². The summed E-state index contributed by atoms with van der Waals surface area (Å²) in [6, 6.07) is 14.2. The van der Waals surface area contributed by atoms with Crippen molar-refractivity contribution >= 4 is 39.0 Å². The van der Waals surface area contributed by atoms with Crippen LogP contribution < -0.4 is 14.9 Å². The lowest BCUT2D eigenvalue weighted by Gasteiger charge is -2.30. The van der Waals surface area contributed by atoms with Gasteiger partial charge in [0.05, 0.1) is 42.5 Å². The van der Waals surface area contributed by atoms with Crippen LogP contribution in [0, 0.1) is 0 Å². The van der Waals surface area contributed by atoms with Crippen LogP contribution in [0.2, 0.25) is 0 Å². The molecule has 10 nitrogen and oxygen atoms in total. The Balaban J connectivity index is 1.57. The number of nitrogens with one attached hydrogen (secondary N) is 2. The zero-order chi connectivity index (χ0) is 25.7. The second kappa shape index (κ2) is 10.9. The third-order valence-corrected chi connectivity index (χ3v) is 5.91. The molecule has 2 aromatic carbocycles. The first-order chi connectivity index (χ1) is 17.2. The molecular weight excluding hydrogens is 482 g/mol. The van der Waals surface area contributed by atoms with E-state index in [4.69, 9.17) is 9.47 Å². The fourth-order valence-corrected chi connectivity index (χ4v) is 4.33. The Bertz CT molecular complexity index is 1320. The zero-order valence-electron chi connectivity index (χ0n) is 20.4. The quantitative estimate of drug-likeness (QED) is 0.436. The van der Waals surface area contributed by atoms with Crippen molar-refractivity contribution in [3.63, 3.8) is 0 Å². The summed E-state index contributed by atoms with van der Waals surface area (Å²) in [5.74, 6) is -0.0410. The molecule has 1 saturated heterocycles. The molecule has 1 fully saturated rings. The van der Waals surface area contributed by atoms with Gasteiger partial charge in [0.1, 0.15) is 0 Å². The molecule has 0 unspecified atom stereocenters. The number of ether oxygens (including phenoxy) is 2. The number of esters is 1. The number of benzene rings is 2. The number of hydrogen-bond donors (Lipinski definition) is 2. The summed E-state index contributed by atoms with van der Waals surface area (Å²) in [5, 5.41) is 3.17. The number of rotatable bonds is 8. The molecule has 0 aliphatic carbocycles. The lowest BCUT2D eigenvalue weighted by molar-refractivity contribution is 0.0378. The molecule has 1 aliphatic rings. The summed E-state index contributed by atoms with van der Waals surface area (Å²) in [5.41, 5.74) is 3.82. The second-order valence-electron chi connectivity index (χ2n) is 8.63. The maximum atomic E-state index is 12.9. The van der Waals surface area contributed by atoms with Crippen molar-refractivity contribution in [2.24, 2.45) is 0 Å². The van der Waals surface area contributed by atoms with Crippen LogP contribution in [0.3, 0.4) is 0 Å². The molecule has 36 heavy (non-hydrogen) atoms. The van der Waals surface area contributed by atoms with Gasteiger partial charge in [0.2, 0.25) is 16.0 Å². The minimum atomic E-state index is -3.35. The van der Waals surface area contributed by atoms with Crippen LogP contribution in [0.15, 0.2) is 54.7 Å². The molecule has 190 valence electrons. The normalized spacial score (nSPS) is 13.9. The van der Waals surface area contributed by atoms with Crippen molar-refractivity contribution in [2.45, 2.75) is 20.0 Å². The molecule has 0 amide bonds. The molecule has 0 bridgehead atoms. The molecule has 1 aliphatic heterocycles. The van der Waals surface area contributed by atoms with Crippen LogP contribution in [-0.4, -0.2) is 63.0 Å². The fourth-order valence-electron chi connectivity index (χ4n) is 3.77.